The molecule has 1 aromatic heterocycles. The third-order valence-corrected chi connectivity index (χ3v) is 6.65. The summed E-state index contributed by atoms with van der Waals surface area (Å²) in [7, 11) is -3.46. The Morgan fingerprint density at radius 3 is 2.95 bits per heavy atom. The van der Waals surface area contributed by atoms with Crippen molar-refractivity contribution in [1.82, 2.24) is 9.71 Å². The number of sulfonamides is 1. The van der Waals surface area contributed by atoms with Crippen LogP contribution in [0.3, 0.4) is 0 Å². The fourth-order valence-electron chi connectivity index (χ4n) is 3.39. The van der Waals surface area contributed by atoms with Gasteiger partial charge in [0, 0.05) is 37.3 Å². The number of rotatable bonds is 6. The molecule has 2 N–H and O–H groups in total. The molecule has 6 nitrogen and oxygen atoms in total. The predicted octanol–water partition coefficient (Wildman–Crippen LogP) is 0.588. The van der Waals surface area contributed by atoms with Crippen molar-refractivity contribution >= 4 is 15.8 Å². The highest BCUT2D eigenvalue weighted by Gasteiger charge is 2.59. The van der Waals surface area contributed by atoms with Gasteiger partial charge in [0.05, 0.1) is 11.5 Å². The Balaban J connectivity index is 1.51. The van der Waals surface area contributed by atoms with E-state index in [-0.39, 0.29) is 16.9 Å². The van der Waals surface area contributed by atoms with E-state index in [0.717, 1.165) is 32.4 Å². The molecule has 4 rings (SSSR count). The number of piperidine rings is 1. The highest BCUT2D eigenvalue weighted by Crippen LogP contribution is 2.57. The Kier molecular flexibility index (Phi) is 3.22. The van der Waals surface area contributed by atoms with E-state index in [1.165, 1.54) is 6.07 Å². The van der Waals surface area contributed by atoms with Crippen LogP contribution in [0.4, 0.5) is 5.82 Å². The maximum absolute atomic E-state index is 12.3. The van der Waals surface area contributed by atoms with Crippen LogP contribution in [-0.4, -0.2) is 44.7 Å². The van der Waals surface area contributed by atoms with Crippen LogP contribution in [0.5, 0.6) is 0 Å². The fraction of sp³-hybridized carbons (Fsp3) is 0.667. The largest absolute Gasteiger partial charge is 0.396 e. The SMILES string of the molecule is O=S(=O)(NCC1CC1)c1ccnc(N2CC3CC3(CO)C2)c1. The molecule has 0 amide bonds. The van der Waals surface area contributed by atoms with Crippen molar-refractivity contribution in [2.45, 2.75) is 24.2 Å². The van der Waals surface area contributed by atoms with E-state index in [4.69, 9.17) is 0 Å². The van der Waals surface area contributed by atoms with Crippen molar-refractivity contribution < 1.29 is 13.5 Å². The van der Waals surface area contributed by atoms with Gasteiger partial charge in [-0.05, 0) is 37.2 Å². The average Bonchev–Trinajstić information content (AvgIpc) is 3.44. The highest BCUT2D eigenvalue weighted by atomic mass is 32.2. The van der Waals surface area contributed by atoms with Gasteiger partial charge in [-0.1, -0.05) is 0 Å². The summed E-state index contributed by atoms with van der Waals surface area (Å²) in [6, 6.07) is 3.18. The summed E-state index contributed by atoms with van der Waals surface area (Å²) in [4.78, 5) is 6.68. The maximum Gasteiger partial charge on any atom is 0.240 e. The summed E-state index contributed by atoms with van der Waals surface area (Å²) in [6.07, 6.45) is 4.85. The van der Waals surface area contributed by atoms with E-state index < -0.39 is 10.0 Å². The number of hydrogen-bond acceptors (Lipinski definition) is 5. The van der Waals surface area contributed by atoms with Crippen LogP contribution in [0.15, 0.2) is 23.2 Å². The number of anilines is 1. The molecular weight excluding hydrogens is 302 g/mol. The lowest BCUT2D eigenvalue weighted by Gasteiger charge is -2.21. The first-order valence-corrected chi connectivity index (χ1v) is 9.32. The quantitative estimate of drug-likeness (QED) is 0.800. The molecule has 0 spiro atoms. The lowest BCUT2D eigenvalue weighted by atomic mass is 10.1. The number of hydrogen-bond donors (Lipinski definition) is 2. The van der Waals surface area contributed by atoms with Crippen LogP contribution >= 0.6 is 0 Å². The minimum absolute atomic E-state index is 0.0286. The number of aliphatic hydroxyl groups is 1. The Morgan fingerprint density at radius 1 is 1.45 bits per heavy atom. The van der Waals surface area contributed by atoms with E-state index in [1.807, 2.05) is 0 Å². The van der Waals surface area contributed by atoms with Gasteiger partial charge in [-0.3, -0.25) is 0 Å². The van der Waals surface area contributed by atoms with Crippen LogP contribution in [0.25, 0.3) is 0 Å². The van der Waals surface area contributed by atoms with Crippen LogP contribution in [0, 0.1) is 17.3 Å². The molecular formula is C15H21N3O3S. The second-order valence-electron chi connectivity index (χ2n) is 6.95. The first kappa shape index (κ1) is 14.4. The molecule has 3 aliphatic rings. The minimum atomic E-state index is -3.46. The monoisotopic (exact) mass is 323 g/mol. The van der Waals surface area contributed by atoms with E-state index >= 15 is 0 Å². The van der Waals surface area contributed by atoms with Crippen molar-refractivity contribution in [3.63, 3.8) is 0 Å². The van der Waals surface area contributed by atoms with Gasteiger partial charge in [-0.15, -0.1) is 0 Å². The van der Waals surface area contributed by atoms with Crippen LogP contribution in [0.1, 0.15) is 19.3 Å². The van der Waals surface area contributed by atoms with E-state index in [1.54, 1.807) is 12.3 Å². The Bertz CT molecular complexity index is 685. The standard InChI is InChI=1S/C15H21N3O3S/c19-10-15-6-12(15)8-18(9-15)14-5-13(3-4-16-14)22(20,21)17-7-11-1-2-11/h3-5,11-12,17,19H,1-2,6-10H2. The lowest BCUT2D eigenvalue weighted by molar-refractivity contribution is 0.216. The molecule has 2 atom stereocenters. The molecule has 1 saturated heterocycles. The molecule has 2 saturated carbocycles. The zero-order chi connectivity index (χ0) is 15.4. The summed E-state index contributed by atoms with van der Waals surface area (Å²) in [5, 5.41) is 9.49. The van der Waals surface area contributed by atoms with Gasteiger partial charge in [-0.25, -0.2) is 18.1 Å². The molecule has 1 aromatic rings. The number of aliphatic hydroxyl groups excluding tert-OH is 1. The second kappa shape index (κ2) is 4.91. The highest BCUT2D eigenvalue weighted by molar-refractivity contribution is 7.89. The molecule has 22 heavy (non-hydrogen) atoms. The molecule has 120 valence electrons. The number of nitrogens with one attached hydrogen (secondary N) is 1. The molecule has 0 aromatic carbocycles. The Hall–Kier alpha value is -1.18. The summed E-state index contributed by atoms with van der Waals surface area (Å²) in [6.45, 7) is 2.35. The summed E-state index contributed by atoms with van der Waals surface area (Å²) < 4.78 is 27.3. The van der Waals surface area contributed by atoms with Crippen LogP contribution < -0.4 is 9.62 Å². The normalized spacial score (nSPS) is 30.4. The Morgan fingerprint density at radius 2 is 2.27 bits per heavy atom. The maximum atomic E-state index is 12.3. The van der Waals surface area contributed by atoms with E-state index in [9.17, 15) is 13.5 Å². The molecule has 0 radical (unpaired) electrons. The minimum Gasteiger partial charge on any atom is -0.396 e. The predicted molar refractivity (Wildman–Crippen MR) is 82.0 cm³/mol. The van der Waals surface area contributed by atoms with Gasteiger partial charge >= 0.3 is 0 Å². The molecule has 0 bridgehead atoms. The Labute approximate surface area is 130 Å². The molecule has 2 heterocycles. The van der Waals surface area contributed by atoms with Gasteiger partial charge in [0.2, 0.25) is 10.0 Å². The molecule has 2 aliphatic carbocycles. The first-order valence-electron chi connectivity index (χ1n) is 7.84. The molecule has 2 unspecified atom stereocenters. The lowest BCUT2D eigenvalue weighted by Crippen LogP contribution is -2.28. The van der Waals surface area contributed by atoms with Crippen molar-refractivity contribution in [3.8, 4) is 0 Å². The van der Waals surface area contributed by atoms with Gasteiger partial charge < -0.3 is 10.0 Å². The number of nitrogens with zero attached hydrogens (tertiary/aromatic N) is 2. The smallest absolute Gasteiger partial charge is 0.240 e. The third kappa shape index (κ3) is 2.51. The van der Waals surface area contributed by atoms with Crippen molar-refractivity contribution in [2.75, 3.05) is 31.1 Å². The topological polar surface area (TPSA) is 82.5 Å². The summed E-state index contributed by atoms with van der Waals surface area (Å²) in [5.41, 5.74) is 0.0286. The number of pyridine rings is 1. The second-order valence-corrected chi connectivity index (χ2v) is 8.71. The van der Waals surface area contributed by atoms with Crippen LogP contribution in [-0.2, 0) is 10.0 Å². The van der Waals surface area contributed by atoms with Gasteiger partial charge in [0.15, 0.2) is 0 Å². The van der Waals surface area contributed by atoms with Crippen molar-refractivity contribution in [3.05, 3.63) is 18.3 Å². The first-order chi connectivity index (χ1) is 10.5. The number of fused-ring (bicyclic) bond motifs is 1. The fourth-order valence-corrected chi connectivity index (χ4v) is 4.51. The summed E-state index contributed by atoms with van der Waals surface area (Å²) in [5.74, 6) is 1.72. The van der Waals surface area contributed by atoms with Gasteiger partial charge in [-0.2, -0.15) is 0 Å². The van der Waals surface area contributed by atoms with E-state index in [0.29, 0.717) is 24.2 Å². The molecule has 7 heteroatoms. The number of aromatic nitrogens is 1. The van der Waals surface area contributed by atoms with Gasteiger partial charge in [0.25, 0.3) is 0 Å². The third-order valence-electron chi connectivity index (χ3n) is 5.23. The zero-order valence-electron chi connectivity index (χ0n) is 12.4. The van der Waals surface area contributed by atoms with Crippen molar-refractivity contribution in [2.24, 2.45) is 17.3 Å². The molecule has 1 aliphatic heterocycles. The van der Waals surface area contributed by atoms with Gasteiger partial charge in [0.1, 0.15) is 5.82 Å². The summed E-state index contributed by atoms with van der Waals surface area (Å²) >= 11 is 0. The zero-order valence-corrected chi connectivity index (χ0v) is 13.2. The van der Waals surface area contributed by atoms with Crippen molar-refractivity contribution in [1.29, 1.82) is 0 Å². The molecule has 3 fully saturated rings. The van der Waals surface area contributed by atoms with E-state index in [2.05, 4.69) is 14.6 Å². The average molecular weight is 323 g/mol. The van der Waals surface area contributed by atoms with Crippen LogP contribution in [0.2, 0.25) is 0 Å².